The number of benzene rings is 2. The molecule has 0 aliphatic carbocycles. The van der Waals surface area contributed by atoms with Gasteiger partial charge in [0.05, 0.1) is 23.9 Å². The lowest BCUT2D eigenvalue weighted by Gasteiger charge is -2.06. The van der Waals surface area contributed by atoms with E-state index in [1.807, 2.05) is 36.4 Å². The Morgan fingerprint density at radius 1 is 1.26 bits per heavy atom. The summed E-state index contributed by atoms with van der Waals surface area (Å²) >= 11 is 3.43. The number of ether oxygens (including phenoxy) is 1. The van der Waals surface area contributed by atoms with Crippen LogP contribution >= 0.6 is 15.9 Å². The Hall–Kier alpha value is -2.01. The van der Waals surface area contributed by atoms with E-state index in [9.17, 15) is 0 Å². The number of para-hydroxylation sites is 1. The highest BCUT2D eigenvalue weighted by molar-refractivity contribution is 9.10. The number of aromatic nitrogens is 2. The molecule has 1 aromatic heterocycles. The summed E-state index contributed by atoms with van der Waals surface area (Å²) in [6.45, 7) is 0. The topological polar surface area (TPSA) is 63.9 Å². The van der Waals surface area contributed by atoms with Gasteiger partial charge in [-0.05, 0) is 30.3 Å². The van der Waals surface area contributed by atoms with Gasteiger partial charge >= 0.3 is 0 Å². The van der Waals surface area contributed by atoms with E-state index in [1.54, 1.807) is 7.11 Å². The van der Waals surface area contributed by atoms with E-state index in [0.29, 0.717) is 5.69 Å². The molecule has 4 nitrogen and oxygen atoms in total. The molecule has 3 N–H and O–H groups in total. The summed E-state index contributed by atoms with van der Waals surface area (Å²) < 4.78 is 6.35. The molecule has 96 valence electrons. The van der Waals surface area contributed by atoms with E-state index < -0.39 is 0 Å². The lowest BCUT2D eigenvalue weighted by Crippen LogP contribution is -1.89. The van der Waals surface area contributed by atoms with Gasteiger partial charge in [-0.15, -0.1) is 0 Å². The summed E-state index contributed by atoms with van der Waals surface area (Å²) in [7, 11) is 1.64. The van der Waals surface area contributed by atoms with Crippen LogP contribution in [0, 0.1) is 0 Å². The lowest BCUT2D eigenvalue weighted by atomic mass is 10.2. The summed E-state index contributed by atoms with van der Waals surface area (Å²) in [6.07, 6.45) is 0. The molecule has 0 saturated carbocycles. The predicted molar refractivity (Wildman–Crippen MR) is 80.2 cm³/mol. The van der Waals surface area contributed by atoms with Crippen LogP contribution in [-0.2, 0) is 0 Å². The van der Waals surface area contributed by atoms with Crippen molar-refractivity contribution >= 4 is 32.7 Å². The van der Waals surface area contributed by atoms with Crippen molar-refractivity contribution in [3.8, 4) is 17.1 Å². The number of nitrogens with two attached hydrogens (primary N) is 1. The zero-order valence-electron chi connectivity index (χ0n) is 10.3. The number of halogens is 1. The summed E-state index contributed by atoms with van der Waals surface area (Å²) in [5.41, 5.74) is 9.18. The van der Waals surface area contributed by atoms with Crippen LogP contribution in [0.5, 0.6) is 5.75 Å². The number of anilines is 1. The van der Waals surface area contributed by atoms with Crippen LogP contribution in [0.2, 0.25) is 0 Å². The summed E-state index contributed by atoms with van der Waals surface area (Å²) in [4.78, 5) is 7.81. The quantitative estimate of drug-likeness (QED) is 0.710. The fraction of sp³-hybridized carbons (Fsp3) is 0.0714. The number of nitrogens with zero attached hydrogens (tertiary/aromatic N) is 1. The third-order valence-corrected chi connectivity index (χ3v) is 3.46. The zero-order valence-corrected chi connectivity index (χ0v) is 11.9. The molecule has 0 unspecified atom stereocenters. The molecule has 0 aliphatic rings. The van der Waals surface area contributed by atoms with Crippen LogP contribution in [0.15, 0.2) is 40.9 Å². The molecular weight excluding hydrogens is 306 g/mol. The van der Waals surface area contributed by atoms with Gasteiger partial charge in [0.1, 0.15) is 17.1 Å². The van der Waals surface area contributed by atoms with Crippen LogP contribution in [0.3, 0.4) is 0 Å². The Labute approximate surface area is 118 Å². The fourth-order valence-corrected chi connectivity index (χ4v) is 2.38. The van der Waals surface area contributed by atoms with Gasteiger partial charge in [-0.25, -0.2) is 4.98 Å². The first-order valence-corrected chi connectivity index (χ1v) is 6.56. The molecule has 3 rings (SSSR count). The van der Waals surface area contributed by atoms with Crippen molar-refractivity contribution in [1.29, 1.82) is 0 Å². The average molecular weight is 318 g/mol. The molecule has 0 atom stereocenters. The van der Waals surface area contributed by atoms with E-state index >= 15 is 0 Å². The third kappa shape index (κ3) is 2.06. The number of nitrogen functional groups attached to an aromatic ring is 1. The molecular formula is C14H12BrN3O. The highest BCUT2D eigenvalue weighted by Crippen LogP contribution is 2.32. The maximum absolute atomic E-state index is 5.92. The highest BCUT2D eigenvalue weighted by Gasteiger charge is 2.12. The summed E-state index contributed by atoms with van der Waals surface area (Å²) in [5, 5.41) is 0. The van der Waals surface area contributed by atoms with Gasteiger partial charge in [0.25, 0.3) is 0 Å². The van der Waals surface area contributed by atoms with Crippen molar-refractivity contribution in [2.24, 2.45) is 0 Å². The van der Waals surface area contributed by atoms with Crippen LogP contribution < -0.4 is 10.5 Å². The minimum absolute atomic E-state index is 0.663. The number of imidazole rings is 1. The third-order valence-electron chi connectivity index (χ3n) is 2.96. The zero-order chi connectivity index (χ0) is 13.4. The first-order chi connectivity index (χ1) is 9.19. The molecule has 0 spiro atoms. The van der Waals surface area contributed by atoms with E-state index in [1.165, 1.54) is 0 Å². The maximum atomic E-state index is 5.92. The molecule has 0 aliphatic heterocycles. The normalized spacial score (nSPS) is 10.8. The number of rotatable bonds is 2. The van der Waals surface area contributed by atoms with Gasteiger partial charge < -0.3 is 15.5 Å². The number of H-pyrrole nitrogens is 1. The predicted octanol–water partition coefficient (Wildman–Crippen LogP) is 3.58. The SMILES string of the molecule is COc1cc(Br)ccc1-c1nc2c(N)cccc2[nH]1. The minimum Gasteiger partial charge on any atom is -0.496 e. The molecule has 0 fully saturated rings. The Morgan fingerprint density at radius 3 is 2.84 bits per heavy atom. The van der Waals surface area contributed by atoms with Crippen molar-refractivity contribution in [2.45, 2.75) is 0 Å². The molecule has 2 aromatic carbocycles. The van der Waals surface area contributed by atoms with E-state index in [4.69, 9.17) is 10.5 Å². The molecule has 0 amide bonds. The van der Waals surface area contributed by atoms with Crippen molar-refractivity contribution in [1.82, 2.24) is 9.97 Å². The average Bonchev–Trinajstić information content (AvgIpc) is 2.83. The highest BCUT2D eigenvalue weighted by atomic mass is 79.9. The largest absolute Gasteiger partial charge is 0.496 e. The van der Waals surface area contributed by atoms with E-state index in [2.05, 4.69) is 25.9 Å². The minimum atomic E-state index is 0.663. The molecule has 1 heterocycles. The number of fused-ring (bicyclic) bond motifs is 1. The van der Waals surface area contributed by atoms with Crippen molar-refractivity contribution < 1.29 is 4.74 Å². The summed E-state index contributed by atoms with van der Waals surface area (Å²) in [6, 6.07) is 11.5. The standard InChI is InChI=1S/C14H12BrN3O/c1-19-12-7-8(15)5-6-9(12)14-17-11-4-2-3-10(16)13(11)18-14/h2-7H,16H2,1H3,(H,17,18). The van der Waals surface area contributed by atoms with Crippen LogP contribution in [-0.4, -0.2) is 17.1 Å². The van der Waals surface area contributed by atoms with Gasteiger partial charge in [0.2, 0.25) is 0 Å². The number of hydrogen-bond donors (Lipinski definition) is 2. The van der Waals surface area contributed by atoms with E-state index in [0.717, 1.165) is 32.6 Å². The Kier molecular flexibility index (Phi) is 2.91. The van der Waals surface area contributed by atoms with Crippen LogP contribution in [0.25, 0.3) is 22.4 Å². The molecule has 0 saturated heterocycles. The second-order valence-electron chi connectivity index (χ2n) is 4.17. The number of hydrogen-bond acceptors (Lipinski definition) is 3. The van der Waals surface area contributed by atoms with Crippen molar-refractivity contribution in [2.75, 3.05) is 12.8 Å². The van der Waals surface area contributed by atoms with E-state index in [-0.39, 0.29) is 0 Å². The maximum Gasteiger partial charge on any atom is 0.142 e. The Bertz CT molecular complexity index is 752. The van der Waals surface area contributed by atoms with Gasteiger partial charge in [-0.3, -0.25) is 0 Å². The number of nitrogens with one attached hydrogen (secondary N) is 1. The molecule has 5 heteroatoms. The Balaban J connectivity index is 2.22. The van der Waals surface area contributed by atoms with Crippen molar-refractivity contribution in [3.63, 3.8) is 0 Å². The first-order valence-electron chi connectivity index (χ1n) is 5.77. The number of methoxy groups -OCH3 is 1. The second kappa shape index (κ2) is 4.59. The lowest BCUT2D eigenvalue weighted by molar-refractivity contribution is 0.416. The molecule has 3 aromatic rings. The van der Waals surface area contributed by atoms with Gasteiger partial charge in [0.15, 0.2) is 0 Å². The monoisotopic (exact) mass is 317 g/mol. The van der Waals surface area contributed by atoms with Gasteiger partial charge in [-0.1, -0.05) is 22.0 Å². The number of aromatic amines is 1. The Morgan fingerprint density at radius 2 is 2.11 bits per heavy atom. The first kappa shape index (κ1) is 12.0. The van der Waals surface area contributed by atoms with Crippen LogP contribution in [0.1, 0.15) is 0 Å². The molecule has 19 heavy (non-hydrogen) atoms. The summed E-state index contributed by atoms with van der Waals surface area (Å²) in [5.74, 6) is 1.50. The van der Waals surface area contributed by atoms with Gasteiger partial charge in [0, 0.05) is 4.47 Å². The molecule has 0 bridgehead atoms. The fourth-order valence-electron chi connectivity index (χ4n) is 2.04. The molecule has 0 radical (unpaired) electrons. The second-order valence-corrected chi connectivity index (χ2v) is 5.09. The van der Waals surface area contributed by atoms with Crippen LogP contribution in [0.4, 0.5) is 5.69 Å². The van der Waals surface area contributed by atoms with Gasteiger partial charge in [-0.2, -0.15) is 0 Å². The smallest absolute Gasteiger partial charge is 0.142 e. The van der Waals surface area contributed by atoms with Crippen molar-refractivity contribution in [3.05, 3.63) is 40.9 Å².